The molecule has 1 atom stereocenters. The van der Waals surface area contributed by atoms with Gasteiger partial charge >= 0.3 is 0 Å². The summed E-state index contributed by atoms with van der Waals surface area (Å²) in [7, 11) is 1.72. The lowest BCUT2D eigenvalue weighted by atomic mass is 9.96. The Kier molecular flexibility index (Phi) is 7.86. The molecule has 0 unspecified atom stereocenters. The molecule has 1 N–H and O–H groups in total. The van der Waals surface area contributed by atoms with Crippen LogP contribution in [0.15, 0.2) is 49.1 Å². The molecule has 2 aromatic carbocycles. The van der Waals surface area contributed by atoms with Gasteiger partial charge in [-0.15, -0.1) is 31.4 Å². The van der Waals surface area contributed by atoms with Crippen LogP contribution in [0.4, 0.5) is 0 Å². The molecule has 0 saturated carbocycles. The van der Waals surface area contributed by atoms with Gasteiger partial charge < -0.3 is 10.1 Å². The van der Waals surface area contributed by atoms with Crippen molar-refractivity contribution in [2.45, 2.75) is 6.04 Å². The van der Waals surface area contributed by atoms with E-state index in [0.29, 0.717) is 0 Å². The molecule has 1 fully saturated rings. The van der Waals surface area contributed by atoms with Gasteiger partial charge in [-0.2, -0.15) is 0 Å². The van der Waals surface area contributed by atoms with Crippen molar-refractivity contribution in [3.05, 3.63) is 54.6 Å². The molecule has 1 saturated heterocycles. The van der Waals surface area contributed by atoms with E-state index in [1.807, 2.05) is 0 Å². The maximum atomic E-state index is 5.49. The molecule has 0 aromatic heterocycles. The van der Waals surface area contributed by atoms with E-state index in [-0.39, 0.29) is 30.9 Å². The van der Waals surface area contributed by atoms with Crippen molar-refractivity contribution >= 4 is 35.6 Å². The number of hydrogen-bond acceptors (Lipinski definition) is 3. The van der Waals surface area contributed by atoms with E-state index in [0.717, 1.165) is 31.9 Å². The summed E-state index contributed by atoms with van der Waals surface area (Å²) >= 11 is 0. The fourth-order valence-corrected chi connectivity index (χ4v) is 3.16. The molecule has 1 heterocycles. The lowest BCUT2D eigenvalue weighted by molar-refractivity contribution is 0.204. The van der Waals surface area contributed by atoms with Crippen molar-refractivity contribution < 1.29 is 4.74 Å². The molecule has 0 amide bonds. The Morgan fingerprint density at radius 1 is 1.09 bits per heavy atom. The second-order valence-electron chi connectivity index (χ2n) is 5.37. The van der Waals surface area contributed by atoms with Gasteiger partial charge in [0.15, 0.2) is 0 Å². The van der Waals surface area contributed by atoms with Gasteiger partial charge in [-0.1, -0.05) is 36.4 Å². The van der Waals surface area contributed by atoms with Crippen molar-refractivity contribution in [2.75, 3.05) is 33.3 Å². The number of hydrogen-bond donors (Lipinski definition) is 1. The molecule has 1 aliphatic heterocycles. The summed E-state index contributed by atoms with van der Waals surface area (Å²) in [6, 6.07) is 12.9. The summed E-state index contributed by atoms with van der Waals surface area (Å²) < 4.78 is 5.49. The van der Waals surface area contributed by atoms with Crippen LogP contribution in [0.2, 0.25) is 0 Å². The van der Waals surface area contributed by atoms with Crippen LogP contribution in [0, 0.1) is 0 Å². The zero-order valence-electron chi connectivity index (χ0n) is 13.3. The molecule has 5 heteroatoms. The van der Waals surface area contributed by atoms with Gasteiger partial charge in [0.1, 0.15) is 5.75 Å². The standard InChI is InChI=1S/C18H22N2O.2ClH/c1-3-17(20-12-10-19-11-13-20)15-8-9-18(21-2)16-7-5-4-6-14(15)16;;/h3-9,17,19H,1,10-13H2,2H3;2*1H/t17-;;/m1../s1. The highest BCUT2D eigenvalue weighted by molar-refractivity contribution is 5.91. The van der Waals surface area contributed by atoms with Gasteiger partial charge in [0.2, 0.25) is 0 Å². The second kappa shape index (κ2) is 9.14. The number of ether oxygens (including phenoxy) is 1. The smallest absolute Gasteiger partial charge is 0.126 e. The molecule has 0 bridgehead atoms. The number of piperazine rings is 1. The minimum atomic E-state index is 0. The maximum absolute atomic E-state index is 5.49. The van der Waals surface area contributed by atoms with Crippen molar-refractivity contribution in [3.8, 4) is 5.75 Å². The summed E-state index contributed by atoms with van der Waals surface area (Å²) in [5.74, 6) is 0.928. The first kappa shape index (κ1) is 19.8. The third-order valence-corrected chi connectivity index (χ3v) is 4.22. The molecule has 126 valence electrons. The molecule has 2 aromatic rings. The number of methoxy groups -OCH3 is 1. The first-order valence-corrected chi connectivity index (χ1v) is 7.48. The van der Waals surface area contributed by atoms with Crippen LogP contribution in [-0.2, 0) is 0 Å². The molecule has 3 nitrogen and oxygen atoms in total. The monoisotopic (exact) mass is 354 g/mol. The first-order valence-electron chi connectivity index (χ1n) is 7.48. The summed E-state index contributed by atoms with van der Waals surface area (Å²) in [5.41, 5.74) is 1.31. The topological polar surface area (TPSA) is 24.5 Å². The van der Waals surface area contributed by atoms with Gasteiger partial charge in [-0.25, -0.2) is 0 Å². The average Bonchev–Trinajstić information content (AvgIpc) is 2.56. The van der Waals surface area contributed by atoms with E-state index in [2.05, 4.69) is 59.3 Å². The third-order valence-electron chi connectivity index (χ3n) is 4.22. The van der Waals surface area contributed by atoms with Gasteiger partial charge in [-0.3, -0.25) is 4.90 Å². The normalized spacial score (nSPS) is 16.0. The van der Waals surface area contributed by atoms with Crippen LogP contribution in [0.1, 0.15) is 11.6 Å². The zero-order chi connectivity index (χ0) is 14.7. The van der Waals surface area contributed by atoms with Gasteiger partial charge in [0.25, 0.3) is 0 Å². The minimum Gasteiger partial charge on any atom is -0.496 e. The van der Waals surface area contributed by atoms with E-state index < -0.39 is 0 Å². The molecular weight excluding hydrogens is 331 g/mol. The SMILES string of the molecule is C=C[C@H](c1ccc(OC)c2ccccc12)N1CCNCC1.Cl.Cl. The predicted octanol–water partition coefficient (Wildman–Crippen LogP) is 3.82. The minimum absolute atomic E-state index is 0. The summed E-state index contributed by atoms with van der Waals surface area (Å²) in [6.45, 7) is 8.25. The van der Waals surface area contributed by atoms with Crippen LogP contribution in [0.3, 0.4) is 0 Å². The molecule has 3 rings (SSSR count). The Bertz CT molecular complexity index is 642. The number of rotatable bonds is 4. The number of fused-ring (bicyclic) bond motifs is 1. The third kappa shape index (κ3) is 3.99. The molecule has 0 radical (unpaired) electrons. The Morgan fingerprint density at radius 3 is 2.35 bits per heavy atom. The van der Waals surface area contributed by atoms with E-state index >= 15 is 0 Å². The number of halogens is 2. The van der Waals surface area contributed by atoms with E-state index in [9.17, 15) is 0 Å². The van der Waals surface area contributed by atoms with Gasteiger partial charge in [0.05, 0.1) is 13.2 Å². The van der Waals surface area contributed by atoms with Crippen LogP contribution in [0.5, 0.6) is 5.75 Å². The van der Waals surface area contributed by atoms with Crippen LogP contribution < -0.4 is 10.1 Å². The fourth-order valence-electron chi connectivity index (χ4n) is 3.16. The van der Waals surface area contributed by atoms with E-state index in [1.165, 1.54) is 16.3 Å². The number of nitrogens with zero attached hydrogens (tertiary/aromatic N) is 1. The summed E-state index contributed by atoms with van der Waals surface area (Å²) in [4.78, 5) is 2.48. The second-order valence-corrected chi connectivity index (χ2v) is 5.37. The highest BCUT2D eigenvalue weighted by Crippen LogP contribution is 2.34. The van der Waals surface area contributed by atoms with Gasteiger partial charge in [0, 0.05) is 31.6 Å². The highest BCUT2D eigenvalue weighted by Gasteiger charge is 2.21. The number of nitrogens with one attached hydrogen (secondary N) is 1. The molecule has 23 heavy (non-hydrogen) atoms. The van der Waals surface area contributed by atoms with Crippen molar-refractivity contribution in [3.63, 3.8) is 0 Å². The lowest BCUT2D eigenvalue weighted by Crippen LogP contribution is -2.44. The summed E-state index contributed by atoms with van der Waals surface area (Å²) in [5, 5.41) is 5.82. The largest absolute Gasteiger partial charge is 0.496 e. The van der Waals surface area contributed by atoms with Gasteiger partial charge in [-0.05, 0) is 17.0 Å². The Balaban J connectivity index is 0.00000132. The Labute approximate surface area is 150 Å². The predicted molar refractivity (Wildman–Crippen MR) is 102 cm³/mol. The summed E-state index contributed by atoms with van der Waals surface area (Å²) in [6.07, 6.45) is 2.06. The first-order chi connectivity index (χ1) is 10.3. The highest BCUT2D eigenvalue weighted by atomic mass is 35.5. The molecule has 0 aliphatic carbocycles. The quantitative estimate of drug-likeness (QED) is 0.844. The van der Waals surface area contributed by atoms with Crippen LogP contribution in [0.25, 0.3) is 10.8 Å². The maximum Gasteiger partial charge on any atom is 0.126 e. The van der Waals surface area contributed by atoms with E-state index in [4.69, 9.17) is 4.74 Å². The van der Waals surface area contributed by atoms with Crippen LogP contribution >= 0.6 is 24.8 Å². The fraction of sp³-hybridized carbons (Fsp3) is 0.333. The Morgan fingerprint density at radius 2 is 1.74 bits per heavy atom. The average molecular weight is 355 g/mol. The lowest BCUT2D eigenvalue weighted by Gasteiger charge is -2.34. The van der Waals surface area contributed by atoms with E-state index in [1.54, 1.807) is 7.11 Å². The Hall–Kier alpha value is -1.26. The van der Waals surface area contributed by atoms with Crippen LogP contribution in [-0.4, -0.2) is 38.2 Å². The van der Waals surface area contributed by atoms with Crippen molar-refractivity contribution in [2.24, 2.45) is 0 Å². The molecular formula is C18H24Cl2N2O. The molecule has 1 aliphatic rings. The molecule has 0 spiro atoms. The zero-order valence-corrected chi connectivity index (χ0v) is 15.0. The van der Waals surface area contributed by atoms with Crippen molar-refractivity contribution in [1.82, 2.24) is 10.2 Å². The van der Waals surface area contributed by atoms with Crippen molar-refractivity contribution in [1.29, 1.82) is 0 Å². The number of benzene rings is 2.